The summed E-state index contributed by atoms with van der Waals surface area (Å²) in [6.07, 6.45) is 0.129. The van der Waals surface area contributed by atoms with E-state index in [2.05, 4.69) is 15.2 Å². The van der Waals surface area contributed by atoms with Crippen LogP contribution in [0.5, 0.6) is 5.75 Å². The van der Waals surface area contributed by atoms with Crippen molar-refractivity contribution in [3.05, 3.63) is 54.5 Å². The number of ether oxygens (including phenoxy) is 4. The molecule has 2 aromatic heterocycles. The van der Waals surface area contributed by atoms with E-state index in [1.807, 2.05) is 0 Å². The lowest BCUT2D eigenvalue weighted by Crippen LogP contribution is -2.42. The van der Waals surface area contributed by atoms with Crippen molar-refractivity contribution in [2.75, 3.05) is 18.9 Å². The number of rotatable bonds is 15. The Morgan fingerprint density at radius 3 is 2.23 bits per heavy atom. The highest BCUT2D eigenvalue weighted by Crippen LogP contribution is 2.47. The molecule has 0 bridgehead atoms. The van der Waals surface area contributed by atoms with Crippen LogP contribution in [0, 0.1) is 17.8 Å². The number of nitrogens with one attached hydrogen (secondary N) is 1. The van der Waals surface area contributed by atoms with E-state index >= 15 is 0 Å². The molecule has 3 heterocycles. The summed E-state index contributed by atoms with van der Waals surface area (Å²) in [4.78, 5) is 43.2. The molecule has 17 heteroatoms. The lowest BCUT2D eigenvalue weighted by molar-refractivity contribution is -0.171. The predicted molar refractivity (Wildman–Crippen MR) is 189 cm³/mol. The second kappa shape index (κ2) is 17.2. The number of hydrogen-bond donors (Lipinski definition) is 3. The van der Waals surface area contributed by atoms with Gasteiger partial charge in [-0.2, -0.15) is 10.2 Å². The zero-order chi connectivity index (χ0) is 37.6. The molecule has 2 fully saturated rings. The molecule has 1 saturated carbocycles. The lowest BCUT2D eigenvalue weighted by atomic mass is 9.87. The maximum atomic E-state index is 14.4. The molecule has 52 heavy (non-hydrogen) atoms. The molecule has 1 aliphatic heterocycles. The number of nitrogens with two attached hydrogens (primary N) is 2. The molecule has 0 unspecified atom stereocenters. The molecule has 16 nitrogen and oxygen atoms in total. The summed E-state index contributed by atoms with van der Waals surface area (Å²) in [5.74, 6) is -2.27. The number of aromatic nitrogens is 3. The van der Waals surface area contributed by atoms with E-state index in [1.54, 1.807) is 70.2 Å². The number of nitrogens with zero attached hydrogens (tertiary/aromatic N) is 3. The van der Waals surface area contributed by atoms with E-state index in [0.717, 1.165) is 25.7 Å². The highest BCUT2D eigenvalue weighted by molar-refractivity contribution is 7.52. The molecule has 0 spiro atoms. The Balaban J connectivity index is 1.41. The first-order chi connectivity index (χ1) is 24.7. The number of nitrogen functional groups attached to an aromatic ring is 1. The Labute approximate surface area is 302 Å². The van der Waals surface area contributed by atoms with E-state index in [1.165, 1.54) is 17.8 Å². The zero-order valence-corrected chi connectivity index (χ0v) is 31.0. The summed E-state index contributed by atoms with van der Waals surface area (Å²) >= 11 is 0. The summed E-state index contributed by atoms with van der Waals surface area (Å²) in [6, 6.07) is 10.7. The summed E-state index contributed by atoms with van der Waals surface area (Å²) in [6.45, 7) is 7.88. The molecule has 284 valence electrons. The van der Waals surface area contributed by atoms with Gasteiger partial charge in [0.15, 0.2) is 18.0 Å². The third-order valence-corrected chi connectivity index (χ3v) is 10.6. The Kier molecular flexibility index (Phi) is 12.9. The molecule has 5 rings (SSSR count). The predicted octanol–water partition coefficient (Wildman–Crippen LogP) is 4.13. The number of carbonyl (C=O) groups is 3. The molecule has 1 saturated heterocycles. The van der Waals surface area contributed by atoms with Gasteiger partial charge >= 0.3 is 25.7 Å². The van der Waals surface area contributed by atoms with Crippen molar-refractivity contribution in [2.24, 2.45) is 23.5 Å². The van der Waals surface area contributed by atoms with Crippen molar-refractivity contribution in [2.45, 2.75) is 96.8 Å². The van der Waals surface area contributed by atoms with Gasteiger partial charge in [-0.05, 0) is 62.8 Å². The van der Waals surface area contributed by atoms with Gasteiger partial charge in [0.05, 0.1) is 30.7 Å². The first-order valence-electron chi connectivity index (χ1n) is 17.6. The Hall–Kier alpha value is -4.08. The van der Waals surface area contributed by atoms with Gasteiger partial charge in [0, 0.05) is 6.04 Å². The molecule has 3 aromatic rings. The van der Waals surface area contributed by atoms with Crippen molar-refractivity contribution >= 4 is 37.0 Å². The van der Waals surface area contributed by atoms with E-state index in [4.69, 9.17) is 39.5 Å². The number of benzene rings is 1. The molecule has 0 amide bonds. The van der Waals surface area contributed by atoms with Gasteiger partial charge in [0.2, 0.25) is 0 Å². The zero-order valence-electron chi connectivity index (χ0n) is 30.1. The van der Waals surface area contributed by atoms with Crippen LogP contribution in [0.1, 0.15) is 72.1 Å². The second-order valence-electron chi connectivity index (χ2n) is 13.9. The normalized spacial score (nSPS) is 25.1. The molecule has 1 aromatic carbocycles. The number of esters is 3. The van der Waals surface area contributed by atoms with Gasteiger partial charge in [0.25, 0.3) is 0 Å². The minimum Gasteiger partial charge on any atom is -0.464 e. The van der Waals surface area contributed by atoms with Gasteiger partial charge in [-0.1, -0.05) is 45.9 Å². The quantitative estimate of drug-likeness (QED) is 0.113. The maximum Gasteiger partial charge on any atom is 0.459 e. The number of carbonyl (C=O) groups excluding carboxylic acids is 3. The highest BCUT2D eigenvalue weighted by Gasteiger charge is 2.52. The van der Waals surface area contributed by atoms with Crippen molar-refractivity contribution in [3.63, 3.8) is 0 Å². The van der Waals surface area contributed by atoms with Crippen LogP contribution in [-0.2, 0) is 42.4 Å². The smallest absolute Gasteiger partial charge is 0.459 e. The number of hydrogen-bond acceptors (Lipinski definition) is 14. The van der Waals surface area contributed by atoms with Gasteiger partial charge in [-0.25, -0.2) is 14.1 Å². The van der Waals surface area contributed by atoms with Crippen molar-refractivity contribution < 1.29 is 46.9 Å². The average molecular weight is 745 g/mol. The summed E-state index contributed by atoms with van der Waals surface area (Å²) in [5.41, 5.74) is 13.0. The van der Waals surface area contributed by atoms with Crippen molar-refractivity contribution in [1.82, 2.24) is 19.7 Å². The number of fused-ring (bicyclic) bond motifs is 1. The topological polar surface area (TPSA) is 218 Å². The first-order valence-corrected chi connectivity index (χ1v) is 19.1. The molecule has 1 aliphatic carbocycles. The summed E-state index contributed by atoms with van der Waals surface area (Å²) in [7, 11) is -4.37. The molecule has 5 N–H and O–H groups in total. The fourth-order valence-electron chi connectivity index (χ4n) is 5.95. The van der Waals surface area contributed by atoms with Crippen LogP contribution in [-0.4, -0.2) is 76.1 Å². The third kappa shape index (κ3) is 9.66. The second-order valence-corrected chi connectivity index (χ2v) is 15.6. The minimum atomic E-state index is -4.37. The molecular weight excluding hydrogens is 695 g/mol. The van der Waals surface area contributed by atoms with E-state index in [0.29, 0.717) is 11.2 Å². The van der Waals surface area contributed by atoms with Crippen LogP contribution in [0.15, 0.2) is 48.8 Å². The van der Waals surface area contributed by atoms with Crippen LogP contribution in [0.25, 0.3) is 5.52 Å². The lowest BCUT2D eigenvalue weighted by Gasteiger charge is -2.28. The van der Waals surface area contributed by atoms with Crippen LogP contribution in [0.2, 0.25) is 0 Å². The molecule has 0 radical (unpaired) electrons. The van der Waals surface area contributed by atoms with E-state index in [-0.39, 0.29) is 30.1 Å². The van der Waals surface area contributed by atoms with Gasteiger partial charge < -0.3 is 34.9 Å². The van der Waals surface area contributed by atoms with Crippen molar-refractivity contribution in [3.8, 4) is 5.75 Å². The maximum absolute atomic E-state index is 14.4. The van der Waals surface area contributed by atoms with Gasteiger partial charge in [0.1, 0.15) is 35.8 Å². The van der Waals surface area contributed by atoms with E-state index < -0.39 is 74.6 Å². The van der Waals surface area contributed by atoms with Crippen LogP contribution >= 0.6 is 7.75 Å². The molecule has 2 aliphatic rings. The minimum absolute atomic E-state index is 0.159. The van der Waals surface area contributed by atoms with Crippen LogP contribution in [0.3, 0.4) is 0 Å². The average Bonchev–Trinajstić information content (AvgIpc) is 3.69. The largest absolute Gasteiger partial charge is 0.464 e. The van der Waals surface area contributed by atoms with Crippen LogP contribution < -0.4 is 21.1 Å². The molecule has 6 atom stereocenters. The van der Waals surface area contributed by atoms with Crippen LogP contribution in [0.4, 0.5) is 5.82 Å². The highest BCUT2D eigenvalue weighted by atomic mass is 31.2. The summed E-state index contributed by atoms with van der Waals surface area (Å²) < 4.78 is 51.7. The first kappa shape index (κ1) is 39.1. The number of para-hydroxylation sites is 1. The standard InChI is InChI=1S/C35H49N6O10P/c1-20(2)33(42)49-30-28(48-29(31(30)50-34(43)21(3)4)26-15-16-27-32(37)38-19-39-41(26)27)18-47-52(45,51-25-9-7-6-8-10-25)40-22(5)35(44)46-17-23-11-13-24(36)14-12-23/h6-10,15-16,19-24,28-31H,11-14,17-18,36H2,1-5H3,(H,40,45)(H2,37,38,39)/t22-,23?,24?,28+,29-,30+,31-,52+/m0/s1. The van der Waals surface area contributed by atoms with Gasteiger partial charge in [-0.3, -0.25) is 18.9 Å². The van der Waals surface area contributed by atoms with Gasteiger partial charge in [-0.15, -0.1) is 0 Å². The monoisotopic (exact) mass is 744 g/mol. The fraction of sp³-hybridized carbons (Fsp3) is 0.571. The van der Waals surface area contributed by atoms with E-state index in [9.17, 15) is 18.9 Å². The summed E-state index contributed by atoms with van der Waals surface area (Å²) in [5, 5.41) is 7.00. The third-order valence-electron chi connectivity index (χ3n) is 9.00. The molecular formula is C35H49N6O10P. The number of anilines is 1. The Bertz CT molecular complexity index is 1730. The van der Waals surface area contributed by atoms with Crippen molar-refractivity contribution in [1.29, 1.82) is 0 Å². The Morgan fingerprint density at radius 2 is 1.58 bits per heavy atom. The fourth-order valence-corrected chi connectivity index (χ4v) is 7.45. The SMILES string of the molecule is CC(C)C(=O)O[C@@H]1[C@H](OC(=O)C(C)C)[C@@H](CO[P@](=O)(N[C@@H](C)C(=O)OCC2CCC(N)CC2)Oc2ccccc2)O[C@H]1c1ccc2c(N)ncnn12. The Morgan fingerprint density at radius 1 is 0.923 bits per heavy atom.